The number of hydrogen-bond donors (Lipinski definition) is 1. The lowest BCUT2D eigenvalue weighted by Crippen LogP contribution is -2.50. The van der Waals surface area contributed by atoms with Gasteiger partial charge >= 0.3 is 0 Å². The van der Waals surface area contributed by atoms with Gasteiger partial charge in [-0.2, -0.15) is 0 Å². The first-order chi connectivity index (χ1) is 11.7. The van der Waals surface area contributed by atoms with Crippen LogP contribution in [0.25, 0.3) is 0 Å². The summed E-state index contributed by atoms with van der Waals surface area (Å²) in [5.74, 6) is -0.350. The van der Waals surface area contributed by atoms with Gasteiger partial charge in [-0.3, -0.25) is 14.6 Å². The van der Waals surface area contributed by atoms with Crippen LogP contribution in [0.3, 0.4) is 0 Å². The maximum absolute atomic E-state index is 12.9. The van der Waals surface area contributed by atoms with Gasteiger partial charge in [0.15, 0.2) is 0 Å². The molecule has 0 aromatic heterocycles. The first kappa shape index (κ1) is 17.3. The van der Waals surface area contributed by atoms with Crippen molar-refractivity contribution < 1.29 is 13.9 Å². The van der Waals surface area contributed by atoms with Crippen molar-refractivity contribution in [2.75, 3.05) is 51.2 Å². The lowest BCUT2D eigenvalue weighted by Gasteiger charge is -2.36. The van der Waals surface area contributed by atoms with Gasteiger partial charge in [-0.25, -0.2) is 4.39 Å². The summed E-state index contributed by atoms with van der Waals surface area (Å²) in [6, 6.07) is 5.86. The summed E-state index contributed by atoms with van der Waals surface area (Å²) in [5, 5.41) is 2.81. The molecule has 2 aliphatic heterocycles. The van der Waals surface area contributed by atoms with Crippen LogP contribution >= 0.6 is 0 Å². The van der Waals surface area contributed by atoms with Gasteiger partial charge in [-0.05, 0) is 43.5 Å². The fraction of sp³-hybridized carbons (Fsp3) is 0.611. The zero-order chi connectivity index (χ0) is 16.8. The summed E-state index contributed by atoms with van der Waals surface area (Å²) in [7, 11) is 0. The summed E-state index contributed by atoms with van der Waals surface area (Å²) in [4.78, 5) is 16.7. The molecule has 1 atom stereocenters. The summed E-state index contributed by atoms with van der Waals surface area (Å²) in [5.41, 5.74) is 0.634. The number of anilines is 1. The minimum atomic E-state index is -0.300. The number of nitrogens with one attached hydrogen (secondary N) is 1. The van der Waals surface area contributed by atoms with Gasteiger partial charge in [0.25, 0.3) is 0 Å². The molecule has 24 heavy (non-hydrogen) atoms. The zero-order valence-corrected chi connectivity index (χ0v) is 14.0. The molecular weight excluding hydrogens is 309 g/mol. The number of halogens is 1. The molecule has 0 unspecified atom stereocenters. The van der Waals surface area contributed by atoms with Crippen LogP contribution in [0.15, 0.2) is 24.3 Å². The third-order valence-corrected chi connectivity index (χ3v) is 4.70. The minimum Gasteiger partial charge on any atom is -0.377 e. The summed E-state index contributed by atoms with van der Waals surface area (Å²) >= 11 is 0. The van der Waals surface area contributed by atoms with Crippen molar-refractivity contribution >= 4 is 11.6 Å². The maximum Gasteiger partial charge on any atom is 0.238 e. The van der Waals surface area contributed by atoms with Crippen LogP contribution in [0.2, 0.25) is 0 Å². The van der Waals surface area contributed by atoms with Crippen molar-refractivity contribution in [3.05, 3.63) is 30.1 Å². The van der Waals surface area contributed by atoms with Gasteiger partial charge < -0.3 is 10.1 Å². The predicted molar refractivity (Wildman–Crippen MR) is 91.5 cm³/mol. The van der Waals surface area contributed by atoms with Gasteiger partial charge in [0.05, 0.1) is 12.6 Å². The summed E-state index contributed by atoms with van der Waals surface area (Å²) in [6.45, 7) is 6.02. The Kier molecular flexibility index (Phi) is 6.18. The number of nitrogens with zero attached hydrogens (tertiary/aromatic N) is 2. The fourth-order valence-corrected chi connectivity index (χ4v) is 3.31. The Hall–Kier alpha value is -1.50. The van der Waals surface area contributed by atoms with E-state index >= 15 is 0 Å². The number of ether oxygens (including phenoxy) is 1. The summed E-state index contributed by atoms with van der Waals surface area (Å²) in [6.07, 6.45) is 4.01. The Morgan fingerprint density at radius 3 is 2.50 bits per heavy atom. The average Bonchev–Trinajstić information content (AvgIpc) is 2.60. The maximum atomic E-state index is 12.9. The quantitative estimate of drug-likeness (QED) is 0.893. The molecule has 2 aliphatic rings. The van der Waals surface area contributed by atoms with Crippen LogP contribution in [0.1, 0.15) is 19.3 Å². The predicted octanol–water partition coefficient (Wildman–Crippen LogP) is 1.95. The Labute approximate surface area is 142 Å². The van der Waals surface area contributed by atoms with E-state index in [1.807, 2.05) is 0 Å². The highest BCUT2D eigenvalue weighted by Crippen LogP contribution is 2.15. The first-order valence-corrected chi connectivity index (χ1v) is 8.81. The third-order valence-electron chi connectivity index (χ3n) is 4.70. The molecule has 0 radical (unpaired) electrons. The molecule has 1 aromatic carbocycles. The highest BCUT2D eigenvalue weighted by atomic mass is 19.1. The van der Waals surface area contributed by atoms with E-state index < -0.39 is 0 Å². The number of carbonyl (C=O) groups is 1. The second-order valence-corrected chi connectivity index (χ2v) is 6.62. The van der Waals surface area contributed by atoms with E-state index in [2.05, 4.69) is 15.1 Å². The lowest BCUT2D eigenvalue weighted by molar-refractivity contribution is -0.117. The van der Waals surface area contributed by atoms with Gasteiger partial charge in [-0.1, -0.05) is 0 Å². The molecule has 0 spiro atoms. The molecule has 2 heterocycles. The van der Waals surface area contributed by atoms with Gasteiger partial charge in [0.1, 0.15) is 5.82 Å². The normalized spacial score (nSPS) is 23.1. The van der Waals surface area contributed by atoms with E-state index in [1.54, 1.807) is 12.1 Å². The standard InChI is InChI=1S/C18H26FN3O2/c19-15-4-6-16(7-5-15)20-18(23)14-22-10-8-21(9-11-22)13-17-3-1-2-12-24-17/h4-7,17H,1-3,8-14H2,(H,20,23)/t17-/m1/s1. The Bertz CT molecular complexity index is 524. The van der Waals surface area contributed by atoms with Crippen LogP contribution in [0.5, 0.6) is 0 Å². The SMILES string of the molecule is O=C(CN1CCN(C[C@H]2CCCCO2)CC1)Nc1ccc(F)cc1. The largest absolute Gasteiger partial charge is 0.377 e. The molecule has 3 rings (SSSR count). The number of benzene rings is 1. The number of amides is 1. The Balaban J connectivity index is 1.37. The van der Waals surface area contributed by atoms with Crippen LogP contribution in [0.4, 0.5) is 10.1 Å². The number of hydrogen-bond acceptors (Lipinski definition) is 4. The molecule has 5 nitrogen and oxygen atoms in total. The second kappa shape index (κ2) is 8.55. The van der Waals surface area contributed by atoms with Crippen molar-refractivity contribution in [3.8, 4) is 0 Å². The molecular formula is C18H26FN3O2. The molecule has 6 heteroatoms. The monoisotopic (exact) mass is 335 g/mol. The fourth-order valence-electron chi connectivity index (χ4n) is 3.31. The molecule has 132 valence electrons. The van der Waals surface area contributed by atoms with Gasteiger partial charge in [0, 0.05) is 45.0 Å². The molecule has 0 aliphatic carbocycles. The smallest absolute Gasteiger partial charge is 0.238 e. The Morgan fingerprint density at radius 2 is 1.83 bits per heavy atom. The summed E-state index contributed by atoms with van der Waals surface area (Å²) < 4.78 is 18.7. The number of rotatable bonds is 5. The zero-order valence-electron chi connectivity index (χ0n) is 14.0. The van der Waals surface area contributed by atoms with Gasteiger partial charge in [-0.15, -0.1) is 0 Å². The third kappa shape index (κ3) is 5.26. The van der Waals surface area contributed by atoms with Crippen LogP contribution in [-0.2, 0) is 9.53 Å². The van der Waals surface area contributed by atoms with Crippen LogP contribution in [0, 0.1) is 5.82 Å². The van der Waals surface area contributed by atoms with Crippen molar-refractivity contribution in [1.82, 2.24) is 9.80 Å². The van der Waals surface area contributed by atoms with E-state index in [9.17, 15) is 9.18 Å². The van der Waals surface area contributed by atoms with Crippen molar-refractivity contribution in [2.45, 2.75) is 25.4 Å². The molecule has 1 N–H and O–H groups in total. The average molecular weight is 335 g/mol. The van der Waals surface area contributed by atoms with Crippen molar-refractivity contribution in [2.24, 2.45) is 0 Å². The molecule has 1 aromatic rings. The molecule has 1 amide bonds. The van der Waals surface area contributed by atoms with E-state index in [1.165, 1.54) is 31.4 Å². The highest BCUT2D eigenvalue weighted by Gasteiger charge is 2.22. The lowest BCUT2D eigenvalue weighted by atomic mass is 10.1. The molecule has 2 saturated heterocycles. The number of carbonyl (C=O) groups excluding carboxylic acids is 1. The topological polar surface area (TPSA) is 44.8 Å². The van der Waals surface area contributed by atoms with E-state index in [-0.39, 0.29) is 11.7 Å². The van der Waals surface area contributed by atoms with Gasteiger partial charge in [0.2, 0.25) is 5.91 Å². The molecule has 2 fully saturated rings. The number of piperazine rings is 1. The van der Waals surface area contributed by atoms with E-state index in [0.29, 0.717) is 18.3 Å². The first-order valence-electron chi connectivity index (χ1n) is 8.81. The highest BCUT2D eigenvalue weighted by molar-refractivity contribution is 5.92. The minimum absolute atomic E-state index is 0.0503. The van der Waals surface area contributed by atoms with Crippen LogP contribution in [-0.4, -0.2) is 67.7 Å². The molecule has 0 saturated carbocycles. The van der Waals surface area contributed by atoms with E-state index in [0.717, 1.165) is 39.3 Å². The molecule has 0 bridgehead atoms. The Morgan fingerprint density at radius 1 is 1.12 bits per heavy atom. The van der Waals surface area contributed by atoms with Crippen molar-refractivity contribution in [1.29, 1.82) is 0 Å². The second-order valence-electron chi connectivity index (χ2n) is 6.62. The van der Waals surface area contributed by atoms with Crippen molar-refractivity contribution in [3.63, 3.8) is 0 Å². The van der Waals surface area contributed by atoms with E-state index in [4.69, 9.17) is 4.74 Å². The van der Waals surface area contributed by atoms with Crippen LogP contribution < -0.4 is 5.32 Å².